The third kappa shape index (κ3) is 5.01. The maximum Gasteiger partial charge on any atom is 0.233 e. The topological polar surface area (TPSA) is 80.1 Å². The van der Waals surface area contributed by atoms with Gasteiger partial charge in [0.1, 0.15) is 0 Å². The maximum atomic E-state index is 12.5. The highest BCUT2D eigenvalue weighted by atomic mass is 35.5. The van der Waals surface area contributed by atoms with Gasteiger partial charge in [0.25, 0.3) is 0 Å². The summed E-state index contributed by atoms with van der Waals surface area (Å²) >= 11 is 7.30. The van der Waals surface area contributed by atoms with Gasteiger partial charge in [-0.1, -0.05) is 23.4 Å². The highest BCUT2D eigenvalue weighted by molar-refractivity contribution is 7.99. The molecule has 2 aromatic rings. The Labute approximate surface area is 167 Å². The summed E-state index contributed by atoms with van der Waals surface area (Å²) in [6, 6.07) is 7.44. The summed E-state index contributed by atoms with van der Waals surface area (Å²) in [6.45, 7) is 2.79. The van der Waals surface area contributed by atoms with E-state index in [4.69, 9.17) is 11.6 Å². The number of aromatic nitrogens is 3. The Morgan fingerprint density at radius 2 is 2.04 bits per heavy atom. The van der Waals surface area contributed by atoms with Gasteiger partial charge in [-0.25, -0.2) is 0 Å². The van der Waals surface area contributed by atoms with Crippen LogP contribution < -0.4 is 5.32 Å². The van der Waals surface area contributed by atoms with Gasteiger partial charge in [0.05, 0.1) is 5.75 Å². The number of hydrogen-bond donors (Lipinski definition) is 1. The third-order valence-corrected chi connectivity index (χ3v) is 5.70. The standard InChI is InChI=1S/C18H22ClN5O2S/c1-12(25)20-15-4-3-9-24(10-15)16(26)11-27-18-22-21-17(23(18)2)13-5-7-14(19)8-6-13/h5-8,15H,3-4,9-11H2,1-2H3,(H,20,25). The van der Waals surface area contributed by atoms with Gasteiger partial charge in [-0.05, 0) is 37.1 Å². The van der Waals surface area contributed by atoms with E-state index in [2.05, 4.69) is 15.5 Å². The fourth-order valence-corrected chi connectivity index (χ4v) is 4.06. The largest absolute Gasteiger partial charge is 0.352 e. The van der Waals surface area contributed by atoms with E-state index in [1.165, 1.54) is 18.7 Å². The molecule has 0 bridgehead atoms. The van der Waals surface area contributed by atoms with E-state index in [1.807, 2.05) is 40.8 Å². The molecule has 0 spiro atoms. The van der Waals surface area contributed by atoms with Crippen LogP contribution in [0.1, 0.15) is 19.8 Å². The summed E-state index contributed by atoms with van der Waals surface area (Å²) in [7, 11) is 1.88. The molecule has 0 aliphatic carbocycles. The second-order valence-electron chi connectivity index (χ2n) is 6.54. The van der Waals surface area contributed by atoms with E-state index in [-0.39, 0.29) is 17.9 Å². The van der Waals surface area contributed by atoms with Crippen molar-refractivity contribution in [2.24, 2.45) is 7.05 Å². The molecule has 27 heavy (non-hydrogen) atoms. The Kier molecular flexibility index (Phi) is 6.38. The summed E-state index contributed by atoms with van der Waals surface area (Å²) in [6.07, 6.45) is 1.80. The Morgan fingerprint density at radius 1 is 1.30 bits per heavy atom. The van der Waals surface area contributed by atoms with E-state index in [0.29, 0.717) is 22.5 Å². The van der Waals surface area contributed by atoms with Crippen molar-refractivity contribution >= 4 is 35.2 Å². The molecule has 2 amide bonds. The van der Waals surface area contributed by atoms with Crippen LogP contribution in [0.25, 0.3) is 11.4 Å². The first-order chi connectivity index (χ1) is 12.9. The molecule has 1 atom stereocenters. The highest BCUT2D eigenvalue weighted by Crippen LogP contribution is 2.24. The van der Waals surface area contributed by atoms with Gasteiger partial charge in [-0.2, -0.15) is 0 Å². The Bertz CT molecular complexity index is 824. The van der Waals surface area contributed by atoms with E-state index in [0.717, 1.165) is 30.8 Å². The Morgan fingerprint density at radius 3 is 2.74 bits per heavy atom. The first kappa shape index (κ1) is 19.7. The van der Waals surface area contributed by atoms with Crippen LogP contribution in [0.5, 0.6) is 0 Å². The van der Waals surface area contributed by atoms with Crippen LogP contribution in [0.4, 0.5) is 0 Å². The minimum atomic E-state index is -0.0579. The van der Waals surface area contributed by atoms with Crippen LogP contribution in [0.3, 0.4) is 0 Å². The van der Waals surface area contributed by atoms with E-state index in [9.17, 15) is 9.59 Å². The molecule has 1 aliphatic heterocycles. The van der Waals surface area contributed by atoms with Gasteiger partial charge in [-0.15, -0.1) is 10.2 Å². The van der Waals surface area contributed by atoms with Crippen LogP contribution in [-0.2, 0) is 16.6 Å². The normalized spacial score (nSPS) is 17.0. The molecular weight excluding hydrogens is 386 g/mol. The van der Waals surface area contributed by atoms with Crippen LogP contribution in [-0.4, -0.2) is 56.4 Å². The van der Waals surface area contributed by atoms with Crippen LogP contribution in [0.2, 0.25) is 5.02 Å². The predicted octanol–water partition coefficient (Wildman–Crippen LogP) is 2.35. The molecule has 1 aromatic heterocycles. The minimum absolute atomic E-state index is 0.0385. The number of amides is 2. The lowest BCUT2D eigenvalue weighted by atomic mass is 10.1. The van der Waals surface area contributed by atoms with Gasteiger partial charge in [0, 0.05) is 43.7 Å². The second kappa shape index (κ2) is 8.75. The molecule has 1 fully saturated rings. The molecule has 0 saturated carbocycles. The zero-order valence-electron chi connectivity index (χ0n) is 15.3. The van der Waals surface area contributed by atoms with Crippen molar-refractivity contribution in [3.05, 3.63) is 29.3 Å². The number of likely N-dealkylation sites (tertiary alicyclic amines) is 1. The molecule has 1 aliphatic rings. The van der Waals surface area contributed by atoms with Crippen molar-refractivity contribution in [3.8, 4) is 11.4 Å². The quantitative estimate of drug-likeness (QED) is 0.769. The molecular formula is C18H22ClN5O2S. The van der Waals surface area contributed by atoms with Gasteiger partial charge < -0.3 is 14.8 Å². The first-order valence-electron chi connectivity index (χ1n) is 8.77. The first-order valence-corrected chi connectivity index (χ1v) is 10.1. The number of piperidine rings is 1. The molecule has 0 radical (unpaired) electrons. The molecule has 144 valence electrons. The van der Waals surface area contributed by atoms with E-state index < -0.39 is 0 Å². The van der Waals surface area contributed by atoms with Gasteiger partial charge in [-0.3, -0.25) is 9.59 Å². The lowest BCUT2D eigenvalue weighted by molar-refractivity contribution is -0.130. The fourth-order valence-electron chi connectivity index (χ4n) is 3.12. The molecule has 1 aromatic carbocycles. The van der Waals surface area contributed by atoms with Crippen molar-refractivity contribution in [3.63, 3.8) is 0 Å². The predicted molar refractivity (Wildman–Crippen MR) is 106 cm³/mol. The van der Waals surface area contributed by atoms with Crippen molar-refractivity contribution in [1.29, 1.82) is 0 Å². The van der Waals surface area contributed by atoms with Gasteiger partial charge in [0.15, 0.2) is 11.0 Å². The number of nitrogens with one attached hydrogen (secondary N) is 1. The lowest BCUT2D eigenvalue weighted by Gasteiger charge is -2.32. The number of hydrogen-bond acceptors (Lipinski definition) is 5. The van der Waals surface area contributed by atoms with E-state index in [1.54, 1.807) is 0 Å². The summed E-state index contributed by atoms with van der Waals surface area (Å²) in [4.78, 5) is 25.6. The van der Waals surface area contributed by atoms with Crippen molar-refractivity contribution in [1.82, 2.24) is 25.0 Å². The minimum Gasteiger partial charge on any atom is -0.352 e. The molecule has 2 heterocycles. The zero-order chi connectivity index (χ0) is 19.4. The Balaban J connectivity index is 1.59. The number of nitrogens with zero attached hydrogens (tertiary/aromatic N) is 4. The van der Waals surface area contributed by atoms with Crippen molar-refractivity contribution in [2.75, 3.05) is 18.8 Å². The number of benzene rings is 1. The lowest BCUT2D eigenvalue weighted by Crippen LogP contribution is -2.49. The van der Waals surface area contributed by atoms with Gasteiger partial charge in [0.2, 0.25) is 11.8 Å². The third-order valence-electron chi connectivity index (χ3n) is 4.44. The second-order valence-corrected chi connectivity index (χ2v) is 7.92. The monoisotopic (exact) mass is 407 g/mol. The van der Waals surface area contributed by atoms with Crippen LogP contribution in [0.15, 0.2) is 29.4 Å². The van der Waals surface area contributed by atoms with Crippen LogP contribution >= 0.6 is 23.4 Å². The molecule has 1 N–H and O–H groups in total. The summed E-state index contributed by atoms with van der Waals surface area (Å²) < 4.78 is 1.87. The number of thioether (sulfide) groups is 1. The van der Waals surface area contributed by atoms with Crippen molar-refractivity contribution in [2.45, 2.75) is 31.0 Å². The number of halogens is 1. The zero-order valence-corrected chi connectivity index (χ0v) is 16.9. The van der Waals surface area contributed by atoms with Crippen molar-refractivity contribution < 1.29 is 9.59 Å². The molecule has 3 rings (SSSR count). The van der Waals surface area contributed by atoms with E-state index >= 15 is 0 Å². The SMILES string of the molecule is CC(=O)NC1CCCN(C(=O)CSc2nnc(-c3ccc(Cl)cc3)n2C)C1. The maximum absolute atomic E-state index is 12.5. The Hall–Kier alpha value is -2.06. The van der Waals surface area contributed by atoms with Crippen LogP contribution in [0, 0.1) is 0 Å². The fraction of sp³-hybridized carbons (Fsp3) is 0.444. The number of rotatable bonds is 5. The number of carbonyl (C=O) groups excluding carboxylic acids is 2. The highest BCUT2D eigenvalue weighted by Gasteiger charge is 2.24. The average Bonchev–Trinajstić information content (AvgIpc) is 3.00. The molecule has 1 saturated heterocycles. The summed E-state index contributed by atoms with van der Waals surface area (Å²) in [5, 5.41) is 12.7. The molecule has 7 nitrogen and oxygen atoms in total. The summed E-state index contributed by atoms with van der Waals surface area (Å²) in [5.74, 6) is 1.01. The smallest absolute Gasteiger partial charge is 0.233 e. The molecule has 1 unspecified atom stereocenters. The van der Waals surface area contributed by atoms with Gasteiger partial charge >= 0.3 is 0 Å². The average molecular weight is 408 g/mol. The number of carbonyl (C=O) groups is 2. The molecule has 9 heteroatoms. The summed E-state index contributed by atoms with van der Waals surface area (Å²) in [5.41, 5.74) is 0.918.